The molecule has 1 heterocycles. The summed E-state index contributed by atoms with van der Waals surface area (Å²) < 4.78 is 0. The molecule has 0 saturated heterocycles. The maximum Gasteiger partial charge on any atom is 0.242 e. The SMILES string of the molecule is NCC(=O)N(C[C]=O)c1ccccn1. The lowest BCUT2D eigenvalue weighted by atomic mass is 10.4. The molecule has 5 nitrogen and oxygen atoms in total. The number of anilines is 1. The van der Waals surface area contributed by atoms with Crippen LogP contribution in [-0.2, 0) is 9.59 Å². The molecule has 0 fully saturated rings. The summed E-state index contributed by atoms with van der Waals surface area (Å²) in [7, 11) is 0. The van der Waals surface area contributed by atoms with E-state index in [1.165, 1.54) is 11.1 Å². The van der Waals surface area contributed by atoms with Gasteiger partial charge in [-0.05, 0) is 12.1 Å². The van der Waals surface area contributed by atoms with Gasteiger partial charge in [-0.3, -0.25) is 14.5 Å². The summed E-state index contributed by atoms with van der Waals surface area (Å²) in [4.78, 5) is 26.6. The minimum absolute atomic E-state index is 0.146. The van der Waals surface area contributed by atoms with Crippen molar-refractivity contribution in [2.45, 2.75) is 0 Å². The second-order valence-electron chi connectivity index (χ2n) is 2.52. The quantitative estimate of drug-likeness (QED) is 0.696. The first-order chi connectivity index (χ1) is 6.79. The van der Waals surface area contributed by atoms with Gasteiger partial charge in [0.1, 0.15) is 5.82 Å². The lowest BCUT2D eigenvalue weighted by Crippen LogP contribution is -2.37. The van der Waals surface area contributed by atoms with Crippen LogP contribution in [0, 0.1) is 0 Å². The Labute approximate surface area is 81.5 Å². The molecule has 1 amide bonds. The van der Waals surface area contributed by atoms with Crippen LogP contribution in [0.15, 0.2) is 24.4 Å². The molecule has 2 N–H and O–H groups in total. The molecule has 0 aliphatic rings. The first-order valence-electron chi connectivity index (χ1n) is 4.06. The molecule has 0 unspecified atom stereocenters. The van der Waals surface area contributed by atoms with Gasteiger partial charge in [0.05, 0.1) is 13.1 Å². The summed E-state index contributed by atoms with van der Waals surface area (Å²) in [6, 6.07) is 5.08. The molecule has 0 saturated carbocycles. The van der Waals surface area contributed by atoms with Crippen LogP contribution in [0.5, 0.6) is 0 Å². The molecule has 0 aliphatic carbocycles. The second-order valence-corrected chi connectivity index (χ2v) is 2.52. The van der Waals surface area contributed by atoms with Crippen molar-refractivity contribution in [1.82, 2.24) is 4.98 Å². The number of rotatable bonds is 4. The summed E-state index contributed by atoms with van der Waals surface area (Å²) >= 11 is 0. The summed E-state index contributed by atoms with van der Waals surface area (Å²) in [5.41, 5.74) is 5.19. The lowest BCUT2D eigenvalue weighted by molar-refractivity contribution is -0.117. The van der Waals surface area contributed by atoms with Gasteiger partial charge in [-0.2, -0.15) is 0 Å². The van der Waals surface area contributed by atoms with Gasteiger partial charge in [0.2, 0.25) is 12.2 Å². The number of nitrogens with two attached hydrogens (primary N) is 1. The Balaban J connectivity index is 2.88. The highest BCUT2D eigenvalue weighted by Crippen LogP contribution is 2.07. The fourth-order valence-electron chi connectivity index (χ4n) is 0.985. The van der Waals surface area contributed by atoms with Gasteiger partial charge in [0, 0.05) is 6.20 Å². The van der Waals surface area contributed by atoms with E-state index in [0.29, 0.717) is 5.82 Å². The number of hydrogen-bond acceptors (Lipinski definition) is 4. The zero-order chi connectivity index (χ0) is 10.4. The standard InChI is InChI=1S/C9H10N3O2/c10-7-9(14)12(5-6-13)8-3-1-2-4-11-8/h1-4H,5,7,10H2. The number of hydrogen-bond donors (Lipinski definition) is 1. The molecule has 1 aromatic heterocycles. The van der Waals surface area contributed by atoms with Gasteiger partial charge < -0.3 is 5.73 Å². The van der Waals surface area contributed by atoms with E-state index in [1.54, 1.807) is 24.5 Å². The monoisotopic (exact) mass is 192 g/mol. The fraction of sp³-hybridized carbons (Fsp3) is 0.222. The maximum absolute atomic E-state index is 11.3. The average Bonchev–Trinajstić information content (AvgIpc) is 2.26. The zero-order valence-corrected chi connectivity index (χ0v) is 7.51. The molecule has 0 aromatic carbocycles. The van der Waals surface area contributed by atoms with Crippen molar-refractivity contribution in [3.63, 3.8) is 0 Å². The van der Waals surface area contributed by atoms with Crippen molar-refractivity contribution >= 4 is 18.0 Å². The Hall–Kier alpha value is -1.75. The highest BCUT2D eigenvalue weighted by atomic mass is 16.2. The highest BCUT2D eigenvalue weighted by molar-refractivity contribution is 5.96. The van der Waals surface area contributed by atoms with E-state index in [9.17, 15) is 9.59 Å². The highest BCUT2D eigenvalue weighted by Gasteiger charge is 2.14. The second kappa shape index (κ2) is 5.08. The number of carbonyl (C=O) groups is 1. The summed E-state index contributed by atoms with van der Waals surface area (Å²) in [6.45, 7) is -0.300. The third-order valence-electron chi connectivity index (χ3n) is 1.62. The van der Waals surface area contributed by atoms with Gasteiger partial charge >= 0.3 is 0 Å². The van der Waals surface area contributed by atoms with Gasteiger partial charge in [0.15, 0.2) is 0 Å². The maximum atomic E-state index is 11.3. The Morgan fingerprint density at radius 3 is 2.86 bits per heavy atom. The molecule has 0 bridgehead atoms. The van der Waals surface area contributed by atoms with Crippen molar-refractivity contribution in [1.29, 1.82) is 0 Å². The van der Waals surface area contributed by atoms with E-state index < -0.39 is 0 Å². The number of nitrogens with zero attached hydrogens (tertiary/aromatic N) is 2. The van der Waals surface area contributed by atoms with Crippen LogP contribution in [0.3, 0.4) is 0 Å². The van der Waals surface area contributed by atoms with E-state index in [1.807, 2.05) is 0 Å². The minimum atomic E-state index is -0.355. The number of amides is 1. The van der Waals surface area contributed by atoms with Crippen molar-refractivity contribution in [2.24, 2.45) is 5.73 Å². The summed E-state index contributed by atoms with van der Waals surface area (Å²) in [6.07, 6.45) is 3.18. The van der Waals surface area contributed by atoms with Crippen LogP contribution in [0.1, 0.15) is 0 Å². The van der Waals surface area contributed by atoms with E-state index in [2.05, 4.69) is 4.98 Å². The number of pyridine rings is 1. The number of aromatic nitrogens is 1. The van der Waals surface area contributed by atoms with Gasteiger partial charge in [-0.1, -0.05) is 6.07 Å². The fourth-order valence-corrected chi connectivity index (χ4v) is 0.985. The minimum Gasteiger partial charge on any atom is -0.322 e. The summed E-state index contributed by atoms with van der Waals surface area (Å²) in [5.74, 6) is 0.0540. The molecular formula is C9H10N3O2. The lowest BCUT2D eigenvalue weighted by Gasteiger charge is -2.17. The van der Waals surface area contributed by atoms with Crippen LogP contribution < -0.4 is 10.6 Å². The predicted octanol–water partition coefficient (Wildman–Crippen LogP) is -0.517. The van der Waals surface area contributed by atoms with Gasteiger partial charge in [-0.15, -0.1) is 0 Å². The Morgan fingerprint density at radius 1 is 1.57 bits per heavy atom. The molecule has 73 valence electrons. The van der Waals surface area contributed by atoms with Crippen LogP contribution in [0.25, 0.3) is 0 Å². The molecule has 0 atom stereocenters. The molecule has 1 aromatic rings. The normalized spacial score (nSPS) is 9.50. The van der Waals surface area contributed by atoms with Crippen molar-refractivity contribution in [2.75, 3.05) is 18.0 Å². The molecule has 1 radical (unpaired) electrons. The molecule has 0 aliphatic heterocycles. The average molecular weight is 192 g/mol. The van der Waals surface area contributed by atoms with Crippen molar-refractivity contribution in [3.05, 3.63) is 24.4 Å². The molecule has 1 rings (SSSR count). The van der Waals surface area contributed by atoms with Crippen molar-refractivity contribution in [3.8, 4) is 0 Å². The van der Waals surface area contributed by atoms with Gasteiger partial charge in [0.25, 0.3) is 0 Å². The first-order valence-corrected chi connectivity index (χ1v) is 4.06. The van der Waals surface area contributed by atoms with Gasteiger partial charge in [-0.25, -0.2) is 4.98 Å². The first kappa shape index (κ1) is 10.3. The van der Waals surface area contributed by atoms with E-state index in [4.69, 9.17) is 5.73 Å². The van der Waals surface area contributed by atoms with E-state index in [-0.39, 0.29) is 19.0 Å². The summed E-state index contributed by atoms with van der Waals surface area (Å²) in [5, 5.41) is 0. The molecule has 0 spiro atoms. The third-order valence-corrected chi connectivity index (χ3v) is 1.62. The van der Waals surface area contributed by atoms with E-state index >= 15 is 0 Å². The van der Waals surface area contributed by atoms with Crippen LogP contribution in [0.4, 0.5) is 5.82 Å². The zero-order valence-electron chi connectivity index (χ0n) is 7.51. The smallest absolute Gasteiger partial charge is 0.242 e. The van der Waals surface area contributed by atoms with Crippen LogP contribution >= 0.6 is 0 Å². The molecular weight excluding hydrogens is 182 g/mol. The predicted molar refractivity (Wildman–Crippen MR) is 51.3 cm³/mol. The Bertz CT molecular complexity index is 313. The van der Waals surface area contributed by atoms with Crippen molar-refractivity contribution < 1.29 is 9.59 Å². The largest absolute Gasteiger partial charge is 0.322 e. The molecule has 14 heavy (non-hydrogen) atoms. The van der Waals surface area contributed by atoms with Crippen LogP contribution in [0.2, 0.25) is 0 Å². The third kappa shape index (κ3) is 2.37. The Morgan fingerprint density at radius 2 is 2.36 bits per heavy atom. The van der Waals surface area contributed by atoms with Crippen LogP contribution in [-0.4, -0.2) is 30.3 Å². The topological polar surface area (TPSA) is 76.3 Å². The molecule has 5 heteroatoms. The van der Waals surface area contributed by atoms with E-state index in [0.717, 1.165) is 0 Å². The number of carbonyl (C=O) groups excluding carboxylic acids is 2. The Kier molecular flexibility index (Phi) is 3.75.